The van der Waals surface area contributed by atoms with Crippen LogP contribution in [-0.2, 0) is 16.1 Å². The lowest BCUT2D eigenvalue weighted by Crippen LogP contribution is -2.15. The average molecular weight is 451 g/mol. The van der Waals surface area contributed by atoms with Crippen molar-refractivity contribution in [3.8, 4) is 11.4 Å². The number of thioether (sulfide) groups is 1. The molecule has 0 spiro atoms. The molecule has 1 aromatic heterocycles. The van der Waals surface area contributed by atoms with Crippen molar-refractivity contribution in [2.24, 2.45) is 0 Å². The molecule has 0 atom stereocenters. The second-order valence-corrected chi connectivity index (χ2v) is 8.01. The van der Waals surface area contributed by atoms with E-state index in [1.807, 2.05) is 35.8 Å². The maximum absolute atomic E-state index is 12.4. The number of carbonyl (C=O) groups is 1. The Morgan fingerprint density at radius 3 is 2.59 bits per heavy atom. The number of hydrogen-bond donors (Lipinski definition) is 1. The molecule has 0 aliphatic heterocycles. The first-order valence-corrected chi connectivity index (χ1v) is 10.6. The molecular weight excluding hydrogens is 431 g/mol. The minimum atomic E-state index is -0.233. The van der Waals surface area contributed by atoms with Crippen LogP contribution in [0, 0.1) is 6.92 Å². The number of nitrogens with zero attached hydrogens (tertiary/aromatic N) is 3. The number of aromatic nitrogens is 3. The number of aryl methyl sites for hydroxylation is 1. The van der Waals surface area contributed by atoms with Gasteiger partial charge in [-0.25, -0.2) is 0 Å². The predicted octanol–water partition coefficient (Wildman–Crippen LogP) is 4.94. The maximum Gasteiger partial charge on any atom is 0.234 e. The Hall–Kier alpha value is -2.06. The Morgan fingerprint density at radius 2 is 1.90 bits per heavy atom. The summed E-state index contributed by atoms with van der Waals surface area (Å²) < 4.78 is 7.18. The van der Waals surface area contributed by atoms with Crippen molar-refractivity contribution < 1.29 is 9.53 Å². The highest BCUT2D eigenvalue weighted by atomic mass is 35.5. The number of hydrogen-bond acceptors (Lipinski definition) is 5. The first kappa shape index (κ1) is 21.6. The van der Waals surface area contributed by atoms with Crippen LogP contribution in [0.3, 0.4) is 0 Å². The molecule has 3 aromatic rings. The summed E-state index contributed by atoms with van der Waals surface area (Å²) in [5.74, 6) is 0.645. The molecule has 0 aliphatic rings. The third-order valence-corrected chi connectivity index (χ3v) is 5.67. The predicted molar refractivity (Wildman–Crippen MR) is 118 cm³/mol. The molecule has 0 radical (unpaired) electrons. The average Bonchev–Trinajstić information content (AvgIpc) is 3.10. The third kappa shape index (κ3) is 5.51. The molecule has 0 saturated heterocycles. The van der Waals surface area contributed by atoms with Gasteiger partial charge >= 0.3 is 0 Å². The van der Waals surface area contributed by atoms with Crippen molar-refractivity contribution >= 4 is 46.6 Å². The number of nitrogens with one attached hydrogen (secondary N) is 1. The maximum atomic E-state index is 12.4. The monoisotopic (exact) mass is 450 g/mol. The Morgan fingerprint density at radius 1 is 1.17 bits per heavy atom. The van der Waals surface area contributed by atoms with Gasteiger partial charge in [-0.2, -0.15) is 0 Å². The highest BCUT2D eigenvalue weighted by molar-refractivity contribution is 7.99. The fourth-order valence-electron chi connectivity index (χ4n) is 2.70. The lowest BCUT2D eigenvalue weighted by molar-refractivity contribution is -0.113. The number of halogens is 2. The molecule has 0 saturated carbocycles. The number of ether oxygens (including phenoxy) is 1. The molecular formula is C20H20Cl2N4O2S. The minimum absolute atomic E-state index is 0.139. The summed E-state index contributed by atoms with van der Waals surface area (Å²) in [7, 11) is 1.64. The molecule has 6 nitrogen and oxygen atoms in total. The first-order valence-electron chi connectivity index (χ1n) is 8.85. The molecule has 1 N–H and O–H groups in total. The van der Waals surface area contributed by atoms with E-state index in [4.69, 9.17) is 27.9 Å². The van der Waals surface area contributed by atoms with Crippen molar-refractivity contribution in [2.45, 2.75) is 18.6 Å². The van der Waals surface area contributed by atoms with Gasteiger partial charge < -0.3 is 10.1 Å². The van der Waals surface area contributed by atoms with Crippen LogP contribution in [0.25, 0.3) is 11.4 Å². The standard InChI is InChI=1S/C20H20Cl2N4O2S/c1-13-5-3-6-14(11-13)19-24-25-20(26(19)9-10-28-2)29-12-17(27)23-18-15(21)7-4-8-16(18)22/h3-8,11H,9-10,12H2,1-2H3,(H,23,27). The Labute approximate surface area is 183 Å². The number of amides is 1. The number of rotatable bonds is 8. The van der Waals surface area contributed by atoms with E-state index in [9.17, 15) is 4.79 Å². The third-order valence-electron chi connectivity index (χ3n) is 4.07. The molecule has 2 aromatic carbocycles. The molecule has 0 unspecified atom stereocenters. The summed E-state index contributed by atoms with van der Waals surface area (Å²) >= 11 is 13.5. The zero-order valence-corrected chi connectivity index (χ0v) is 18.3. The summed E-state index contributed by atoms with van der Waals surface area (Å²) in [6, 6.07) is 13.1. The van der Waals surface area contributed by atoms with Crippen molar-refractivity contribution in [1.29, 1.82) is 0 Å². The summed E-state index contributed by atoms with van der Waals surface area (Å²) in [6.45, 7) is 3.11. The van der Waals surface area contributed by atoms with E-state index in [0.717, 1.165) is 17.0 Å². The van der Waals surface area contributed by atoms with Gasteiger partial charge in [-0.1, -0.05) is 64.8 Å². The van der Waals surface area contributed by atoms with Crippen LogP contribution in [0.15, 0.2) is 47.6 Å². The van der Waals surface area contributed by atoms with Gasteiger partial charge in [-0.15, -0.1) is 10.2 Å². The van der Waals surface area contributed by atoms with Gasteiger partial charge in [0.05, 0.1) is 34.6 Å². The normalized spacial score (nSPS) is 10.9. The van der Waals surface area contributed by atoms with Crippen LogP contribution >= 0.6 is 35.0 Å². The number of methoxy groups -OCH3 is 1. The van der Waals surface area contributed by atoms with Crippen LogP contribution in [0.1, 0.15) is 5.56 Å². The second-order valence-electron chi connectivity index (χ2n) is 6.25. The molecule has 0 bridgehead atoms. The Kier molecular flexibility index (Phi) is 7.55. The first-order chi connectivity index (χ1) is 14.0. The lowest BCUT2D eigenvalue weighted by atomic mass is 10.1. The molecule has 29 heavy (non-hydrogen) atoms. The molecule has 1 amide bonds. The number of anilines is 1. The van der Waals surface area contributed by atoms with Crippen LogP contribution in [-0.4, -0.2) is 40.1 Å². The van der Waals surface area contributed by atoms with Gasteiger partial charge in [0.25, 0.3) is 0 Å². The number of benzene rings is 2. The van der Waals surface area contributed by atoms with Gasteiger partial charge in [0, 0.05) is 12.7 Å². The zero-order valence-electron chi connectivity index (χ0n) is 16.0. The SMILES string of the molecule is COCCn1c(SCC(=O)Nc2c(Cl)cccc2Cl)nnc1-c1cccc(C)c1. The molecule has 3 rings (SSSR count). The minimum Gasteiger partial charge on any atom is -0.383 e. The Bertz CT molecular complexity index is 990. The molecule has 9 heteroatoms. The van der Waals surface area contributed by atoms with Crippen molar-refractivity contribution in [3.63, 3.8) is 0 Å². The second kappa shape index (κ2) is 10.1. The highest BCUT2D eigenvalue weighted by Gasteiger charge is 2.17. The van der Waals surface area contributed by atoms with Gasteiger partial charge in [-0.3, -0.25) is 9.36 Å². The highest BCUT2D eigenvalue weighted by Crippen LogP contribution is 2.30. The van der Waals surface area contributed by atoms with Gasteiger partial charge in [0.2, 0.25) is 5.91 Å². The van der Waals surface area contributed by atoms with Crippen molar-refractivity contribution in [3.05, 3.63) is 58.1 Å². The van der Waals surface area contributed by atoms with Crippen molar-refractivity contribution in [1.82, 2.24) is 14.8 Å². The van der Waals surface area contributed by atoms with Crippen molar-refractivity contribution in [2.75, 3.05) is 24.8 Å². The molecule has 0 fully saturated rings. The van der Waals surface area contributed by atoms with Crippen LogP contribution < -0.4 is 5.32 Å². The quantitative estimate of drug-likeness (QED) is 0.492. The van der Waals surface area contributed by atoms with Gasteiger partial charge in [-0.05, 0) is 25.1 Å². The van der Waals surface area contributed by atoms with E-state index in [2.05, 4.69) is 15.5 Å². The summed E-state index contributed by atoms with van der Waals surface area (Å²) in [5, 5.41) is 12.8. The summed E-state index contributed by atoms with van der Waals surface area (Å²) in [5.41, 5.74) is 2.50. The number of para-hydroxylation sites is 1. The largest absolute Gasteiger partial charge is 0.383 e. The Balaban J connectivity index is 1.75. The summed E-state index contributed by atoms with van der Waals surface area (Å²) in [4.78, 5) is 12.4. The van der Waals surface area contributed by atoms with E-state index >= 15 is 0 Å². The van der Waals surface area contributed by atoms with E-state index in [1.165, 1.54) is 11.8 Å². The molecule has 152 valence electrons. The van der Waals surface area contributed by atoms with Gasteiger partial charge in [0.1, 0.15) is 0 Å². The zero-order chi connectivity index (χ0) is 20.8. The molecule has 1 heterocycles. The molecule has 0 aliphatic carbocycles. The smallest absolute Gasteiger partial charge is 0.234 e. The van der Waals surface area contributed by atoms with E-state index in [1.54, 1.807) is 25.3 Å². The topological polar surface area (TPSA) is 69.0 Å². The number of carbonyl (C=O) groups excluding carboxylic acids is 1. The van der Waals surface area contributed by atoms with Crippen LogP contribution in [0.2, 0.25) is 10.0 Å². The van der Waals surface area contributed by atoms with Crippen LogP contribution in [0.4, 0.5) is 5.69 Å². The fraction of sp³-hybridized carbons (Fsp3) is 0.250. The van der Waals surface area contributed by atoms with E-state index in [0.29, 0.717) is 34.0 Å². The van der Waals surface area contributed by atoms with Gasteiger partial charge in [0.15, 0.2) is 11.0 Å². The lowest BCUT2D eigenvalue weighted by Gasteiger charge is -2.11. The summed E-state index contributed by atoms with van der Waals surface area (Å²) in [6.07, 6.45) is 0. The van der Waals surface area contributed by atoms with E-state index in [-0.39, 0.29) is 11.7 Å². The van der Waals surface area contributed by atoms with E-state index < -0.39 is 0 Å². The van der Waals surface area contributed by atoms with Crippen LogP contribution in [0.5, 0.6) is 0 Å². The fourth-order valence-corrected chi connectivity index (χ4v) is 3.96.